The van der Waals surface area contributed by atoms with Gasteiger partial charge in [-0.1, -0.05) is 25.4 Å². The molecule has 0 fully saturated rings. The molecular formula is C11H15ClO. The predicted octanol–water partition coefficient (Wildman–Crippen LogP) is 3.87. The van der Waals surface area contributed by atoms with E-state index in [9.17, 15) is 5.11 Å². The molecule has 0 bridgehead atoms. The van der Waals surface area contributed by atoms with Gasteiger partial charge in [0.05, 0.1) is 0 Å². The molecule has 0 aromatic heterocycles. The number of phenols is 1. The van der Waals surface area contributed by atoms with E-state index in [-0.39, 0.29) is 0 Å². The molecule has 0 amide bonds. The van der Waals surface area contributed by atoms with Gasteiger partial charge in [-0.25, -0.2) is 0 Å². The maximum absolute atomic E-state index is 9.66. The number of benzene rings is 1. The summed E-state index contributed by atoms with van der Waals surface area (Å²) < 4.78 is 0. The Morgan fingerprint density at radius 2 is 2.08 bits per heavy atom. The monoisotopic (exact) mass is 198 g/mol. The molecule has 1 atom stereocenters. The van der Waals surface area contributed by atoms with E-state index in [2.05, 4.69) is 13.8 Å². The highest BCUT2D eigenvalue weighted by molar-refractivity contribution is 6.31. The molecule has 1 aromatic rings. The highest BCUT2D eigenvalue weighted by Gasteiger charge is 2.10. The molecule has 0 aliphatic rings. The van der Waals surface area contributed by atoms with Crippen LogP contribution in [0.15, 0.2) is 12.1 Å². The first-order valence-electron chi connectivity index (χ1n) is 4.55. The molecule has 2 heteroatoms. The number of phenolic OH excluding ortho intramolecular Hbond substituents is 1. The zero-order valence-electron chi connectivity index (χ0n) is 8.26. The van der Waals surface area contributed by atoms with Crippen molar-refractivity contribution in [3.8, 4) is 5.75 Å². The first-order valence-corrected chi connectivity index (χ1v) is 4.93. The molecule has 13 heavy (non-hydrogen) atoms. The van der Waals surface area contributed by atoms with Crippen molar-refractivity contribution in [2.24, 2.45) is 0 Å². The van der Waals surface area contributed by atoms with Gasteiger partial charge < -0.3 is 5.11 Å². The lowest BCUT2D eigenvalue weighted by atomic mass is 9.96. The van der Waals surface area contributed by atoms with Crippen LogP contribution in [0.2, 0.25) is 5.02 Å². The maximum Gasteiger partial charge on any atom is 0.119 e. The first kappa shape index (κ1) is 10.4. The second-order valence-electron chi connectivity index (χ2n) is 3.47. The van der Waals surface area contributed by atoms with Crippen LogP contribution >= 0.6 is 11.6 Å². The molecule has 1 unspecified atom stereocenters. The lowest BCUT2D eigenvalue weighted by Gasteiger charge is -2.12. The molecule has 0 aliphatic carbocycles. The predicted molar refractivity (Wildman–Crippen MR) is 56.6 cm³/mol. The minimum absolute atomic E-state index is 0.358. The van der Waals surface area contributed by atoms with Gasteiger partial charge in [0, 0.05) is 5.02 Å². The minimum Gasteiger partial charge on any atom is -0.508 e. The summed E-state index contributed by atoms with van der Waals surface area (Å²) in [5.74, 6) is 0.717. The fraction of sp³-hybridized carbons (Fsp3) is 0.455. The van der Waals surface area contributed by atoms with E-state index >= 15 is 0 Å². The Balaban J connectivity index is 3.15. The number of aromatic hydroxyl groups is 1. The quantitative estimate of drug-likeness (QED) is 0.765. The fourth-order valence-corrected chi connectivity index (χ4v) is 1.47. The molecule has 1 rings (SSSR count). The Kier molecular flexibility index (Phi) is 3.21. The number of aryl methyl sites for hydroxylation is 1. The van der Waals surface area contributed by atoms with Crippen molar-refractivity contribution < 1.29 is 5.11 Å². The zero-order chi connectivity index (χ0) is 10.0. The van der Waals surface area contributed by atoms with Crippen molar-refractivity contribution >= 4 is 11.6 Å². The lowest BCUT2D eigenvalue weighted by molar-refractivity contribution is 0.461. The molecule has 72 valence electrons. The van der Waals surface area contributed by atoms with E-state index in [0.29, 0.717) is 11.7 Å². The molecule has 0 radical (unpaired) electrons. The average molecular weight is 199 g/mol. The summed E-state index contributed by atoms with van der Waals surface area (Å²) >= 11 is 5.98. The topological polar surface area (TPSA) is 20.2 Å². The van der Waals surface area contributed by atoms with E-state index in [1.807, 2.05) is 13.0 Å². The Bertz CT molecular complexity index is 307. The van der Waals surface area contributed by atoms with Crippen molar-refractivity contribution in [3.05, 3.63) is 28.3 Å². The number of hydrogen-bond acceptors (Lipinski definition) is 1. The first-order chi connectivity index (χ1) is 6.06. The molecule has 0 saturated carbocycles. The summed E-state index contributed by atoms with van der Waals surface area (Å²) in [5, 5.41) is 10.4. The number of halogens is 1. The lowest BCUT2D eigenvalue weighted by Crippen LogP contribution is -1.92. The normalized spacial score (nSPS) is 12.9. The van der Waals surface area contributed by atoms with Gasteiger partial charge in [-0.2, -0.15) is 0 Å². The third-order valence-corrected chi connectivity index (χ3v) is 2.86. The second-order valence-corrected chi connectivity index (χ2v) is 3.88. The van der Waals surface area contributed by atoms with Crippen LogP contribution in [0, 0.1) is 6.92 Å². The van der Waals surface area contributed by atoms with Gasteiger partial charge in [0.25, 0.3) is 0 Å². The summed E-state index contributed by atoms with van der Waals surface area (Å²) in [6.07, 6.45) is 1.01. The average Bonchev–Trinajstić information content (AvgIpc) is 2.10. The van der Waals surface area contributed by atoms with Crippen molar-refractivity contribution in [3.63, 3.8) is 0 Å². The molecule has 0 heterocycles. The van der Waals surface area contributed by atoms with Gasteiger partial charge >= 0.3 is 0 Å². The summed E-state index contributed by atoms with van der Waals surface area (Å²) in [6.45, 7) is 6.07. The smallest absolute Gasteiger partial charge is 0.119 e. The van der Waals surface area contributed by atoms with E-state index in [4.69, 9.17) is 11.6 Å². The Morgan fingerprint density at radius 3 is 2.62 bits per heavy atom. The molecule has 1 aromatic carbocycles. The van der Waals surface area contributed by atoms with Crippen LogP contribution in [0.5, 0.6) is 5.75 Å². The maximum atomic E-state index is 9.66. The summed E-state index contributed by atoms with van der Waals surface area (Å²) in [6, 6.07) is 3.59. The van der Waals surface area contributed by atoms with Gasteiger partial charge in [-0.3, -0.25) is 0 Å². The third kappa shape index (κ3) is 2.16. The fourth-order valence-electron chi connectivity index (χ4n) is 1.30. The van der Waals surface area contributed by atoms with Crippen LogP contribution in [0.4, 0.5) is 0 Å². The minimum atomic E-state index is 0.358. The van der Waals surface area contributed by atoms with Gasteiger partial charge in [0.1, 0.15) is 5.75 Å². The molecule has 1 nitrogen and oxygen atoms in total. The Morgan fingerprint density at radius 1 is 1.46 bits per heavy atom. The van der Waals surface area contributed by atoms with Gasteiger partial charge in [0.15, 0.2) is 0 Å². The Hall–Kier alpha value is -0.690. The molecule has 1 N–H and O–H groups in total. The van der Waals surface area contributed by atoms with Crippen LogP contribution in [-0.2, 0) is 0 Å². The van der Waals surface area contributed by atoms with E-state index in [0.717, 1.165) is 22.6 Å². The third-order valence-electron chi connectivity index (χ3n) is 2.45. The highest BCUT2D eigenvalue weighted by Crippen LogP contribution is 2.32. The SMILES string of the molecule is CCC(C)c1cc(Cl)c(C)cc1O. The van der Waals surface area contributed by atoms with Crippen molar-refractivity contribution in [1.82, 2.24) is 0 Å². The number of hydrogen-bond donors (Lipinski definition) is 1. The van der Waals surface area contributed by atoms with Crippen LogP contribution in [0.3, 0.4) is 0 Å². The van der Waals surface area contributed by atoms with Crippen LogP contribution in [-0.4, -0.2) is 5.11 Å². The summed E-state index contributed by atoms with van der Waals surface area (Å²) in [5.41, 5.74) is 1.87. The second kappa shape index (κ2) is 4.01. The van der Waals surface area contributed by atoms with Crippen molar-refractivity contribution in [2.75, 3.05) is 0 Å². The zero-order valence-corrected chi connectivity index (χ0v) is 9.02. The van der Waals surface area contributed by atoms with Gasteiger partial charge in [-0.05, 0) is 42.5 Å². The number of rotatable bonds is 2. The van der Waals surface area contributed by atoms with E-state index < -0.39 is 0 Å². The van der Waals surface area contributed by atoms with Crippen LogP contribution in [0.1, 0.15) is 37.3 Å². The molecular weight excluding hydrogens is 184 g/mol. The van der Waals surface area contributed by atoms with Crippen LogP contribution in [0.25, 0.3) is 0 Å². The van der Waals surface area contributed by atoms with Crippen molar-refractivity contribution in [1.29, 1.82) is 0 Å². The van der Waals surface area contributed by atoms with E-state index in [1.54, 1.807) is 6.07 Å². The molecule has 0 aliphatic heterocycles. The van der Waals surface area contributed by atoms with Crippen molar-refractivity contribution in [2.45, 2.75) is 33.1 Å². The van der Waals surface area contributed by atoms with Gasteiger partial charge in [-0.15, -0.1) is 0 Å². The van der Waals surface area contributed by atoms with E-state index in [1.165, 1.54) is 0 Å². The largest absolute Gasteiger partial charge is 0.508 e. The molecule has 0 spiro atoms. The standard InChI is InChI=1S/C11H15ClO/c1-4-7(2)9-6-10(12)8(3)5-11(9)13/h5-7,13H,4H2,1-3H3. The molecule has 0 saturated heterocycles. The summed E-state index contributed by atoms with van der Waals surface area (Å²) in [7, 11) is 0. The Labute approximate surface area is 84.4 Å². The summed E-state index contributed by atoms with van der Waals surface area (Å²) in [4.78, 5) is 0. The van der Waals surface area contributed by atoms with Gasteiger partial charge in [0.2, 0.25) is 0 Å². The van der Waals surface area contributed by atoms with Crippen LogP contribution < -0.4 is 0 Å². The highest BCUT2D eigenvalue weighted by atomic mass is 35.5.